The summed E-state index contributed by atoms with van der Waals surface area (Å²) in [5.41, 5.74) is 1.82. The Morgan fingerprint density at radius 3 is 3.00 bits per heavy atom. The molecule has 3 rings (SSSR count). The lowest BCUT2D eigenvalue weighted by Crippen LogP contribution is -2.32. The minimum absolute atomic E-state index is 0.0530. The fourth-order valence-electron chi connectivity index (χ4n) is 2.80. The van der Waals surface area contributed by atoms with Gasteiger partial charge in [-0.1, -0.05) is 6.92 Å². The molecular formula is C15H18N2O. The van der Waals surface area contributed by atoms with Crippen molar-refractivity contribution in [2.75, 3.05) is 0 Å². The minimum atomic E-state index is 0.0530. The van der Waals surface area contributed by atoms with Crippen molar-refractivity contribution in [3.05, 3.63) is 36.0 Å². The summed E-state index contributed by atoms with van der Waals surface area (Å²) < 4.78 is 0. The van der Waals surface area contributed by atoms with Crippen LogP contribution in [0.4, 0.5) is 0 Å². The van der Waals surface area contributed by atoms with E-state index in [0.29, 0.717) is 6.04 Å². The molecule has 3 heteroatoms. The van der Waals surface area contributed by atoms with Gasteiger partial charge in [0.25, 0.3) is 5.91 Å². The summed E-state index contributed by atoms with van der Waals surface area (Å²) in [6, 6.07) is 8.13. The van der Waals surface area contributed by atoms with Crippen molar-refractivity contribution in [3.8, 4) is 0 Å². The van der Waals surface area contributed by atoms with Gasteiger partial charge in [0.15, 0.2) is 0 Å². The van der Waals surface area contributed by atoms with E-state index in [1.54, 1.807) is 0 Å². The molecular weight excluding hydrogens is 224 g/mol. The third kappa shape index (κ3) is 2.13. The maximum Gasteiger partial charge on any atom is 0.251 e. The first kappa shape index (κ1) is 11.3. The number of amides is 1. The molecule has 18 heavy (non-hydrogen) atoms. The Morgan fingerprint density at radius 2 is 2.22 bits per heavy atom. The van der Waals surface area contributed by atoms with Crippen molar-refractivity contribution in [2.24, 2.45) is 5.92 Å². The predicted octanol–water partition coefficient (Wildman–Crippen LogP) is 3.09. The summed E-state index contributed by atoms with van der Waals surface area (Å²) >= 11 is 0. The van der Waals surface area contributed by atoms with Gasteiger partial charge in [0.05, 0.1) is 0 Å². The fourth-order valence-corrected chi connectivity index (χ4v) is 2.80. The molecule has 2 aromatic rings. The van der Waals surface area contributed by atoms with Crippen LogP contribution in [0.1, 0.15) is 36.5 Å². The summed E-state index contributed by atoms with van der Waals surface area (Å²) in [7, 11) is 0. The third-order valence-corrected chi connectivity index (χ3v) is 3.85. The molecule has 1 aromatic heterocycles. The van der Waals surface area contributed by atoms with Gasteiger partial charge < -0.3 is 10.3 Å². The van der Waals surface area contributed by atoms with Crippen molar-refractivity contribution >= 4 is 16.8 Å². The number of rotatable bonds is 2. The van der Waals surface area contributed by atoms with Crippen LogP contribution in [0.2, 0.25) is 0 Å². The zero-order valence-electron chi connectivity index (χ0n) is 10.6. The molecule has 2 N–H and O–H groups in total. The maximum atomic E-state index is 12.2. The predicted molar refractivity (Wildman–Crippen MR) is 72.6 cm³/mol. The Hall–Kier alpha value is -1.77. The summed E-state index contributed by atoms with van der Waals surface area (Å²) in [4.78, 5) is 15.3. The number of hydrogen-bond acceptors (Lipinski definition) is 1. The second-order valence-corrected chi connectivity index (χ2v) is 5.37. The SMILES string of the molecule is CC1CCC(NC(=O)c2ccc3[nH]ccc3c2)C1. The minimum Gasteiger partial charge on any atom is -0.361 e. The molecule has 0 radical (unpaired) electrons. The molecule has 1 aromatic carbocycles. The number of aromatic nitrogens is 1. The molecule has 2 atom stereocenters. The molecule has 0 spiro atoms. The van der Waals surface area contributed by atoms with E-state index in [0.717, 1.165) is 35.2 Å². The highest BCUT2D eigenvalue weighted by Crippen LogP contribution is 2.25. The van der Waals surface area contributed by atoms with Crippen LogP contribution in [0.15, 0.2) is 30.5 Å². The molecule has 3 nitrogen and oxygen atoms in total. The molecule has 1 heterocycles. The van der Waals surface area contributed by atoms with Gasteiger partial charge in [-0.2, -0.15) is 0 Å². The van der Waals surface area contributed by atoms with Crippen LogP contribution in [0, 0.1) is 5.92 Å². The largest absolute Gasteiger partial charge is 0.361 e. The van der Waals surface area contributed by atoms with Gasteiger partial charge in [-0.25, -0.2) is 0 Å². The summed E-state index contributed by atoms with van der Waals surface area (Å²) in [6.07, 6.45) is 5.34. The quantitative estimate of drug-likeness (QED) is 0.835. The number of nitrogens with one attached hydrogen (secondary N) is 2. The average molecular weight is 242 g/mol. The Morgan fingerprint density at radius 1 is 1.33 bits per heavy atom. The highest BCUT2D eigenvalue weighted by molar-refractivity contribution is 5.98. The smallest absolute Gasteiger partial charge is 0.251 e. The van der Waals surface area contributed by atoms with Crippen molar-refractivity contribution in [3.63, 3.8) is 0 Å². The highest BCUT2D eigenvalue weighted by Gasteiger charge is 2.23. The number of carbonyl (C=O) groups is 1. The normalized spacial score (nSPS) is 23.4. The molecule has 94 valence electrons. The number of H-pyrrole nitrogens is 1. The molecule has 0 aliphatic heterocycles. The molecule has 2 unspecified atom stereocenters. The van der Waals surface area contributed by atoms with Gasteiger partial charge >= 0.3 is 0 Å². The molecule has 1 saturated carbocycles. The highest BCUT2D eigenvalue weighted by atomic mass is 16.1. The van der Waals surface area contributed by atoms with Gasteiger partial charge in [-0.3, -0.25) is 4.79 Å². The molecule has 0 bridgehead atoms. The summed E-state index contributed by atoms with van der Waals surface area (Å²) in [5, 5.41) is 4.22. The summed E-state index contributed by atoms with van der Waals surface area (Å²) in [6.45, 7) is 2.25. The van der Waals surface area contributed by atoms with E-state index in [4.69, 9.17) is 0 Å². The van der Waals surface area contributed by atoms with Crippen molar-refractivity contribution < 1.29 is 4.79 Å². The lowest BCUT2D eigenvalue weighted by Gasteiger charge is -2.12. The maximum absolute atomic E-state index is 12.2. The summed E-state index contributed by atoms with van der Waals surface area (Å²) in [5.74, 6) is 0.791. The topological polar surface area (TPSA) is 44.9 Å². The Labute approximate surface area is 107 Å². The first-order valence-corrected chi connectivity index (χ1v) is 6.60. The average Bonchev–Trinajstić information content (AvgIpc) is 2.96. The van der Waals surface area contributed by atoms with E-state index in [1.807, 2.05) is 30.5 Å². The number of hydrogen-bond donors (Lipinski definition) is 2. The van der Waals surface area contributed by atoms with E-state index in [2.05, 4.69) is 17.2 Å². The van der Waals surface area contributed by atoms with Crippen LogP contribution in [-0.2, 0) is 0 Å². The number of benzene rings is 1. The molecule has 0 saturated heterocycles. The van der Waals surface area contributed by atoms with Crippen LogP contribution < -0.4 is 5.32 Å². The van der Waals surface area contributed by atoms with E-state index < -0.39 is 0 Å². The Kier molecular flexibility index (Phi) is 2.82. The monoisotopic (exact) mass is 242 g/mol. The zero-order valence-corrected chi connectivity index (χ0v) is 10.6. The molecule has 1 amide bonds. The van der Waals surface area contributed by atoms with E-state index >= 15 is 0 Å². The lowest BCUT2D eigenvalue weighted by molar-refractivity contribution is 0.0937. The van der Waals surface area contributed by atoms with Gasteiger partial charge in [0, 0.05) is 28.7 Å². The first-order chi connectivity index (χ1) is 8.72. The van der Waals surface area contributed by atoms with Crippen LogP contribution in [0.25, 0.3) is 10.9 Å². The zero-order chi connectivity index (χ0) is 12.5. The van der Waals surface area contributed by atoms with Crippen molar-refractivity contribution in [2.45, 2.75) is 32.2 Å². The van der Waals surface area contributed by atoms with Crippen LogP contribution in [0.3, 0.4) is 0 Å². The van der Waals surface area contributed by atoms with Gasteiger partial charge in [-0.15, -0.1) is 0 Å². The lowest BCUT2D eigenvalue weighted by atomic mass is 10.1. The van der Waals surface area contributed by atoms with E-state index in [1.165, 1.54) is 6.42 Å². The van der Waals surface area contributed by atoms with Crippen molar-refractivity contribution in [1.29, 1.82) is 0 Å². The van der Waals surface area contributed by atoms with Crippen molar-refractivity contribution in [1.82, 2.24) is 10.3 Å². The molecule has 1 aliphatic carbocycles. The first-order valence-electron chi connectivity index (χ1n) is 6.60. The number of carbonyl (C=O) groups excluding carboxylic acids is 1. The third-order valence-electron chi connectivity index (χ3n) is 3.85. The standard InChI is InChI=1S/C15H18N2O/c1-10-2-4-13(8-10)17-15(18)12-3-5-14-11(9-12)6-7-16-14/h3,5-7,9-10,13,16H,2,4,8H2,1H3,(H,17,18). The van der Waals surface area contributed by atoms with Gasteiger partial charge in [0.1, 0.15) is 0 Å². The second kappa shape index (κ2) is 4.48. The fraction of sp³-hybridized carbons (Fsp3) is 0.400. The Bertz CT molecular complexity index is 573. The van der Waals surface area contributed by atoms with Crippen LogP contribution in [-0.4, -0.2) is 16.9 Å². The number of fused-ring (bicyclic) bond motifs is 1. The van der Waals surface area contributed by atoms with Crippen LogP contribution in [0.5, 0.6) is 0 Å². The second-order valence-electron chi connectivity index (χ2n) is 5.37. The van der Waals surface area contributed by atoms with Gasteiger partial charge in [0.2, 0.25) is 0 Å². The van der Waals surface area contributed by atoms with Gasteiger partial charge in [-0.05, 0) is 49.4 Å². The molecule has 1 aliphatic rings. The van der Waals surface area contributed by atoms with E-state index in [-0.39, 0.29) is 5.91 Å². The Balaban J connectivity index is 1.75. The molecule has 1 fully saturated rings. The van der Waals surface area contributed by atoms with E-state index in [9.17, 15) is 4.79 Å². The number of aromatic amines is 1. The van der Waals surface area contributed by atoms with Crippen LogP contribution >= 0.6 is 0 Å².